The van der Waals surface area contributed by atoms with Crippen molar-refractivity contribution in [2.75, 3.05) is 26.2 Å². The highest BCUT2D eigenvalue weighted by Crippen LogP contribution is 2.30. The summed E-state index contributed by atoms with van der Waals surface area (Å²) in [5, 5.41) is 0. The van der Waals surface area contributed by atoms with E-state index in [1.807, 2.05) is 0 Å². The highest BCUT2D eigenvalue weighted by Gasteiger charge is 2.20. The molecule has 2 heterocycles. The van der Waals surface area contributed by atoms with Crippen LogP contribution in [0.1, 0.15) is 55.8 Å². The quantitative estimate of drug-likeness (QED) is 0.674. The number of aromatic nitrogens is 2. The van der Waals surface area contributed by atoms with E-state index in [1.54, 1.807) is 0 Å². The standard InChI is InChI=1S/C24H33N3O/c1-18-8-10-20(11-9-18)23-25-22-7-4-3-6-21(22)24(26-23)28-17-5-14-27-15-12-19(2)13-16-27/h8-11,19H,3-7,12-17H2,1-2H3. The normalized spacial score (nSPS) is 18.1. The number of rotatable bonds is 6. The molecule has 4 rings (SSSR count). The fourth-order valence-corrected chi connectivity index (χ4v) is 4.25. The lowest BCUT2D eigenvalue weighted by molar-refractivity contribution is 0.176. The van der Waals surface area contributed by atoms with Gasteiger partial charge in [0.1, 0.15) is 0 Å². The Bertz CT molecular complexity index is 779. The van der Waals surface area contributed by atoms with E-state index in [9.17, 15) is 0 Å². The van der Waals surface area contributed by atoms with E-state index in [4.69, 9.17) is 14.7 Å². The van der Waals surface area contributed by atoms with E-state index in [1.165, 1.54) is 55.6 Å². The van der Waals surface area contributed by atoms with Crippen LogP contribution >= 0.6 is 0 Å². The smallest absolute Gasteiger partial charge is 0.220 e. The van der Waals surface area contributed by atoms with Crippen LogP contribution in [0.5, 0.6) is 5.88 Å². The predicted octanol–water partition coefficient (Wildman–Crippen LogP) is 4.83. The Hall–Kier alpha value is -1.94. The summed E-state index contributed by atoms with van der Waals surface area (Å²) < 4.78 is 6.22. The third kappa shape index (κ3) is 4.72. The Morgan fingerprint density at radius 2 is 1.79 bits per heavy atom. The summed E-state index contributed by atoms with van der Waals surface area (Å²) in [4.78, 5) is 12.3. The van der Waals surface area contributed by atoms with Gasteiger partial charge in [0.15, 0.2) is 5.82 Å². The lowest BCUT2D eigenvalue weighted by Crippen LogP contribution is -2.34. The zero-order chi connectivity index (χ0) is 19.3. The number of hydrogen-bond donors (Lipinski definition) is 0. The Morgan fingerprint density at radius 3 is 2.57 bits per heavy atom. The molecule has 0 unspecified atom stereocenters. The number of likely N-dealkylation sites (tertiary alicyclic amines) is 1. The van der Waals surface area contributed by atoms with Gasteiger partial charge in [-0.3, -0.25) is 0 Å². The molecule has 4 heteroatoms. The molecule has 4 nitrogen and oxygen atoms in total. The molecule has 1 saturated heterocycles. The highest BCUT2D eigenvalue weighted by atomic mass is 16.5. The van der Waals surface area contributed by atoms with Gasteiger partial charge in [0.25, 0.3) is 0 Å². The molecule has 1 aromatic carbocycles. The van der Waals surface area contributed by atoms with Crippen LogP contribution in [-0.4, -0.2) is 41.1 Å². The van der Waals surface area contributed by atoms with E-state index in [-0.39, 0.29) is 0 Å². The summed E-state index contributed by atoms with van der Waals surface area (Å²) >= 11 is 0. The van der Waals surface area contributed by atoms with Crippen molar-refractivity contribution < 1.29 is 4.74 Å². The fraction of sp³-hybridized carbons (Fsp3) is 0.583. The number of aryl methyl sites for hydroxylation is 2. The van der Waals surface area contributed by atoms with Gasteiger partial charge in [-0.2, -0.15) is 4.98 Å². The van der Waals surface area contributed by atoms with Crippen molar-refractivity contribution in [3.63, 3.8) is 0 Å². The largest absolute Gasteiger partial charge is 0.477 e. The first-order valence-corrected chi connectivity index (χ1v) is 11.0. The zero-order valence-electron chi connectivity index (χ0n) is 17.4. The molecule has 1 aliphatic carbocycles. The van der Waals surface area contributed by atoms with Crippen LogP contribution in [-0.2, 0) is 12.8 Å². The van der Waals surface area contributed by atoms with E-state index in [0.29, 0.717) is 0 Å². The minimum absolute atomic E-state index is 0.739. The molecule has 2 aromatic rings. The van der Waals surface area contributed by atoms with E-state index < -0.39 is 0 Å². The van der Waals surface area contributed by atoms with Gasteiger partial charge in [-0.1, -0.05) is 36.8 Å². The molecule has 28 heavy (non-hydrogen) atoms. The van der Waals surface area contributed by atoms with Crippen molar-refractivity contribution in [1.29, 1.82) is 0 Å². The summed E-state index contributed by atoms with van der Waals surface area (Å²) in [7, 11) is 0. The Morgan fingerprint density at radius 1 is 1.04 bits per heavy atom. The molecular formula is C24H33N3O. The number of ether oxygens (including phenoxy) is 1. The van der Waals surface area contributed by atoms with Crippen molar-refractivity contribution in [3.8, 4) is 17.3 Å². The summed E-state index contributed by atoms with van der Waals surface area (Å²) in [5.74, 6) is 2.52. The van der Waals surface area contributed by atoms with Crippen LogP contribution in [0.4, 0.5) is 0 Å². The monoisotopic (exact) mass is 379 g/mol. The molecule has 150 valence electrons. The van der Waals surface area contributed by atoms with Crippen molar-refractivity contribution >= 4 is 0 Å². The van der Waals surface area contributed by atoms with Gasteiger partial charge in [0, 0.05) is 17.7 Å². The Balaban J connectivity index is 1.43. The average Bonchev–Trinajstić information content (AvgIpc) is 2.73. The van der Waals surface area contributed by atoms with Gasteiger partial charge in [0.2, 0.25) is 5.88 Å². The fourth-order valence-electron chi connectivity index (χ4n) is 4.25. The van der Waals surface area contributed by atoms with Gasteiger partial charge < -0.3 is 9.64 Å². The van der Waals surface area contributed by atoms with E-state index >= 15 is 0 Å². The lowest BCUT2D eigenvalue weighted by atomic mass is 9.96. The molecule has 0 radical (unpaired) electrons. The first kappa shape index (κ1) is 19.4. The first-order chi connectivity index (χ1) is 13.7. The SMILES string of the molecule is Cc1ccc(-c2nc3c(c(OCCCN4CCC(C)CC4)n2)CCCC3)cc1. The number of fused-ring (bicyclic) bond motifs is 1. The molecule has 2 aliphatic rings. The van der Waals surface area contributed by atoms with E-state index in [2.05, 4.69) is 43.0 Å². The highest BCUT2D eigenvalue weighted by molar-refractivity contribution is 5.57. The maximum Gasteiger partial charge on any atom is 0.220 e. The van der Waals surface area contributed by atoms with Crippen LogP contribution in [0.15, 0.2) is 24.3 Å². The van der Waals surface area contributed by atoms with Crippen molar-refractivity contribution in [2.45, 2.75) is 58.8 Å². The van der Waals surface area contributed by atoms with Gasteiger partial charge in [0.05, 0.1) is 12.3 Å². The Labute approximate surface area is 169 Å². The zero-order valence-corrected chi connectivity index (χ0v) is 17.4. The second-order valence-corrected chi connectivity index (χ2v) is 8.58. The second-order valence-electron chi connectivity index (χ2n) is 8.58. The number of benzene rings is 1. The maximum atomic E-state index is 6.22. The van der Waals surface area contributed by atoms with Crippen molar-refractivity contribution in [2.24, 2.45) is 5.92 Å². The minimum atomic E-state index is 0.739. The molecule has 0 spiro atoms. The molecule has 0 saturated carbocycles. The van der Waals surface area contributed by atoms with E-state index in [0.717, 1.165) is 55.6 Å². The van der Waals surface area contributed by atoms with Crippen LogP contribution < -0.4 is 4.74 Å². The molecule has 0 amide bonds. The number of piperidine rings is 1. The summed E-state index contributed by atoms with van der Waals surface area (Å²) in [6.45, 7) is 8.82. The summed E-state index contributed by atoms with van der Waals surface area (Å²) in [6.07, 6.45) is 8.24. The minimum Gasteiger partial charge on any atom is -0.477 e. The molecular weight excluding hydrogens is 346 g/mol. The molecule has 0 atom stereocenters. The number of nitrogens with zero attached hydrogens (tertiary/aromatic N) is 3. The maximum absolute atomic E-state index is 6.22. The molecule has 1 aliphatic heterocycles. The van der Waals surface area contributed by atoms with Gasteiger partial charge in [-0.15, -0.1) is 0 Å². The summed E-state index contributed by atoms with van der Waals surface area (Å²) in [6, 6.07) is 8.47. The van der Waals surface area contributed by atoms with Crippen molar-refractivity contribution in [1.82, 2.24) is 14.9 Å². The third-order valence-corrected chi connectivity index (χ3v) is 6.19. The predicted molar refractivity (Wildman–Crippen MR) is 114 cm³/mol. The van der Waals surface area contributed by atoms with Crippen LogP contribution in [0, 0.1) is 12.8 Å². The topological polar surface area (TPSA) is 38.2 Å². The van der Waals surface area contributed by atoms with Crippen LogP contribution in [0.3, 0.4) is 0 Å². The van der Waals surface area contributed by atoms with Gasteiger partial charge in [-0.25, -0.2) is 4.98 Å². The molecule has 0 bridgehead atoms. The lowest BCUT2D eigenvalue weighted by Gasteiger charge is -2.30. The first-order valence-electron chi connectivity index (χ1n) is 11.0. The van der Waals surface area contributed by atoms with Crippen molar-refractivity contribution in [3.05, 3.63) is 41.1 Å². The summed E-state index contributed by atoms with van der Waals surface area (Å²) in [5.41, 5.74) is 4.77. The van der Waals surface area contributed by atoms with Crippen LogP contribution in [0.2, 0.25) is 0 Å². The molecule has 0 N–H and O–H groups in total. The average molecular weight is 380 g/mol. The third-order valence-electron chi connectivity index (χ3n) is 6.19. The van der Waals surface area contributed by atoms with Gasteiger partial charge in [-0.05, 0) is 70.9 Å². The molecule has 1 fully saturated rings. The second kappa shape index (κ2) is 9.04. The Kier molecular flexibility index (Phi) is 6.26. The van der Waals surface area contributed by atoms with Crippen LogP contribution in [0.25, 0.3) is 11.4 Å². The number of hydrogen-bond acceptors (Lipinski definition) is 4. The molecule has 1 aromatic heterocycles. The van der Waals surface area contributed by atoms with Gasteiger partial charge >= 0.3 is 0 Å².